The number of rotatable bonds is 5. The minimum atomic E-state index is 0.0291. The van der Waals surface area contributed by atoms with Crippen molar-refractivity contribution < 1.29 is 19.3 Å². The summed E-state index contributed by atoms with van der Waals surface area (Å²) in [6.07, 6.45) is 0.608. The summed E-state index contributed by atoms with van der Waals surface area (Å²) >= 11 is 0. The Kier molecular flexibility index (Phi) is 4.26. The molecule has 0 aliphatic heterocycles. The summed E-state index contributed by atoms with van der Waals surface area (Å²) in [6.45, 7) is 5.75. The van der Waals surface area contributed by atoms with Crippen molar-refractivity contribution in [1.82, 2.24) is 0 Å². The van der Waals surface area contributed by atoms with Crippen molar-refractivity contribution in [1.29, 1.82) is 0 Å². The highest BCUT2D eigenvalue weighted by molar-refractivity contribution is 5.62. The molecule has 0 bridgehead atoms. The first-order valence-corrected chi connectivity index (χ1v) is 5.20. The summed E-state index contributed by atoms with van der Waals surface area (Å²) in [5, 5.41) is 9.85. The van der Waals surface area contributed by atoms with Crippen LogP contribution < -0.4 is 14.2 Å². The van der Waals surface area contributed by atoms with Gasteiger partial charge in [-0.05, 0) is 19.4 Å². The minimum absolute atomic E-state index is 0.0291. The molecule has 0 unspecified atom stereocenters. The lowest BCUT2D eigenvalue weighted by atomic mass is 10.0. The van der Waals surface area contributed by atoms with Gasteiger partial charge in [0, 0.05) is 5.56 Å². The Balaban J connectivity index is 3.41. The molecule has 0 aromatic heterocycles. The van der Waals surface area contributed by atoms with Gasteiger partial charge in [-0.3, -0.25) is 0 Å². The molecule has 4 heteroatoms. The van der Waals surface area contributed by atoms with Crippen LogP contribution >= 0.6 is 0 Å². The molecular formula is C13H18O4. The van der Waals surface area contributed by atoms with Crippen LogP contribution in [0.3, 0.4) is 0 Å². The molecule has 0 fully saturated rings. The van der Waals surface area contributed by atoms with Crippen molar-refractivity contribution in [3.63, 3.8) is 0 Å². The smallest absolute Gasteiger partial charge is 0.207 e. The lowest BCUT2D eigenvalue weighted by molar-refractivity contribution is 0.309. The van der Waals surface area contributed by atoms with E-state index in [1.165, 1.54) is 14.2 Å². The normalized spacial score (nSPS) is 9.88. The van der Waals surface area contributed by atoms with E-state index < -0.39 is 0 Å². The van der Waals surface area contributed by atoms with E-state index in [9.17, 15) is 5.11 Å². The highest BCUT2D eigenvalue weighted by atomic mass is 16.5. The largest absolute Gasteiger partial charge is 0.504 e. The van der Waals surface area contributed by atoms with E-state index in [1.54, 1.807) is 13.2 Å². The van der Waals surface area contributed by atoms with Crippen LogP contribution in [0.15, 0.2) is 18.2 Å². The zero-order chi connectivity index (χ0) is 13.0. The Hall–Kier alpha value is -1.84. The Morgan fingerprint density at radius 3 is 2.06 bits per heavy atom. The van der Waals surface area contributed by atoms with Gasteiger partial charge in [0.1, 0.15) is 0 Å². The Bertz CT molecular complexity index is 424. The summed E-state index contributed by atoms with van der Waals surface area (Å²) in [5.41, 5.74) is 1.78. The number of allylic oxidation sites excluding steroid dienone is 1. The summed E-state index contributed by atoms with van der Waals surface area (Å²) < 4.78 is 15.6. The van der Waals surface area contributed by atoms with Crippen LogP contribution in [0, 0.1) is 0 Å². The zero-order valence-electron chi connectivity index (χ0n) is 10.7. The lowest BCUT2D eigenvalue weighted by Crippen LogP contribution is -2.00. The second-order valence-corrected chi connectivity index (χ2v) is 3.79. The van der Waals surface area contributed by atoms with E-state index in [4.69, 9.17) is 14.2 Å². The predicted molar refractivity (Wildman–Crippen MR) is 66.3 cm³/mol. The number of aromatic hydroxyl groups is 1. The summed E-state index contributed by atoms with van der Waals surface area (Å²) in [4.78, 5) is 0. The van der Waals surface area contributed by atoms with E-state index in [-0.39, 0.29) is 11.5 Å². The molecule has 0 atom stereocenters. The van der Waals surface area contributed by atoms with Crippen LogP contribution in [0.2, 0.25) is 0 Å². The quantitative estimate of drug-likeness (QED) is 0.801. The molecule has 17 heavy (non-hydrogen) atoms. The van der Waals surface area contributed by atoms with Gasteiger partial charge >= 0.3 is 0 Å². The number of benzene rings is 1. The predicted octanol–water partition coefficient (Wildman–Crippen LogP) is 2.54. The van der Waals surface area contributed by atoms with Crippen LogP contribution in [0.5, 0.6) is 23.0 Å². The van der Waals surface area contributed by atoms with E-state index in [0.717, 1.165) is 11.1 Å². The Labute approximate surface area is 101 Å². The zero-order valence-corrected chi connectivity index (χ0v) is 10.7. The molecule has 0 saturated carbocycles. The van der Waals surface area contributed by atoms with Gasteiger partial charge in [0.2, 0.25) is 11.5 Å². The average molecular weight is 238 g/mol. The van der Waals surface area contributed by atoms with Crippen molar-refractivity contribution in [3.8, 4) is 23.0 Å². The molecule has 0 heterocycles. The highest BCUT2D eigenvalue weighted by Gasteiger charge is 2.20. The SMILES string of the molecule is C=C(C)Cc1cc(O)c(OC)c(OC)c1OC. The van der Waals surface area contributed by atoms with E-state index in [0.29, 0.717) is 17.9 Å². The maximum atomic E-state index is 9.85. The van der Waals surface area contributed by atoms with Gasteiger partial charge in [0.25, 0.3) is 0 Å². The third-order valence-electron chi connectivity index (χ3n) is 2.35. The standard InChI is InChI=1S/C13H18O4/c1-8(2)6-9-7-10(14)12(16-4)13(17-5)11(9)15-3/h7,14H,1,6H2,2-5H3. The molecule has 1 aromatic carbocycles. The Morgan fingerprint density at radius 1 is 1.12 bits per heavy atom. The fraction of sp³-hybridized carbons (Fsp3) is 0.385. The van der Waals surface area contributed by atoms with E-state index in [2.05, 4.69) is 6.58 Å². The van der Waals surface area contributed by atoms with Gasteiger partial charge in [-0.2, -0.15) is 0 Å². The lowest BCUT2D eigenvalue weighted by Gasteiger charge is -2.17. The van der Waals surface area contributed by atoms with Gasteiger partial charge in [-0.25, -0.2) is 0 Å². The monoisotopic (exact) mass is 238 g/mol. The van der Waals surface area contributed by atoms with Gasteiger partial charge in [-0.1, -0.05) is 12.2 Å². The molecule has 0 aliphatic carbocycles. The molecule has 94 valence electrons. The van der Waals surface area contributed by atoms with Crippen molar-refractivity contribution in [2.24, 2.45) is 0 Å². The first-order chi connectivity index (χ1) is 8.04. The molecule has 0 spiro atoms. The number of hydrogen-bond donors (Lipinski definition) is 1. The molecule has 1 N–H and O–H groups in total. The second-order valence-electron chi connectivity index (χ2n) is 3.79. The maximum Gasteiger partial charge on any atom is 0.207 e. The van der Waals surface area contributed by atoms with Crippen LogP contribution in [-0.2, 0) is 6.42 Å². The fourth-order valence-electron chi connectivity index (χ4n) is 1.72. The van der Waals surface area contributed by atoms with E-state index >= 15 is 0 Å². The van der Waals surface area contributed by atoms with Crippen LogP contribution in [0.1, 0.15) is 12.5 Å². The molecule has 0 aliphatic rings. The number of ether oxygens (including phenoxy) is 3. The highest BCUT2D eigenvalue weighted by Crippen LogP contribution is 2.46. The van der Waals surface area contributed by atoms with Crippen molar-refractivity contribution in [2.45, 2.75) is 13.3 Å². The van der Waals surface area contributed by atoms with Crippen LogP contribution in [0.4, 0.5) is 0 Å². The summed E-state index contributed by atoms with van der Waals surface area (Å²) in [5.74, 6) is 1.26. The van der Waals surface area contributed by atoms with Gasteiger partial charge in [0.05, 0.1) is 21.3 Å². The number of methoxy groups -OCH3 is 3. The second kappa shape index (κ2) is 5.48. The van der Waals surface area contributed by atoms with Crippen LogP contribution in [0.25, 0.3) is 0 Å². The van der Waals surface area contributed by atoms with Crippen molar-refractivity contribution >= 4 is 0 Å². The third-order valence-corrected chi connectivity index (χ3v) is 2.35. The Morgan fingerprint density at radius 2 is 1.65 bits per heavy atom. The summed E-state index contributed by atoms with van der Waals surface area (Å²) in [7, 11) is 4.52. The first kappa shape index (κ1) is 13.2. The summed E-state index contributed by atoms with van der Waals surface area (Å²) in [6, 6.07) is 1.61. The van der Waals surface area contributed by atoms with Crippen molar-refractivity contribution in [3.05, 3.63) is 23.8 Å². The number of hydrogen-bond acceptors (Lipinski definition) is 4. The topological polar surface area (TPSA) is 47.9 Å². The van der Waals surface area contributed by atoms with Gasteiger partial charge in [-0.15, -0.1) is 0 Å². The van der Waals surface area contributed by atoms with E-state index in [1.807, 2.05) is 6.92 Å². The molecular weight excluding hydrogens is 220 g/mol. The molecule has 1 aromatic rings. The molecule has 0 amide bonds. The van der Waals surface area contributed by atoms with Crippen LogP contribution in [-0.4, -0.2) is 26.4 Å². The molecule has 0 saturated heterocycles. The maximum absolute atomic E-state index is 9.85. The number of phenols is 1. The molecule has 0 radical (unpaired) electrons. The van der Waals surface area contributed by atoms with Crippen molar-refractivity contribution in [2.75, 3.05) is 21.3 Å². The minimum Gasteiger partial charge on any atom is -0.504 e. The van der Waals surface area contributed by atoms with Gasteiger partial charge in [0.15, 0.2) is 11.5 Å². The fourth-order valence-corrected chi connectivity index (χ4v) is 1.72. The molecule has 4 nitrogen and oxygen atoms in total. The molecule has 1 rings (SSSR count). The first-order valence-electron chi connectivity index (χ1n) is 5.20. The van der Waals surface area contributed by atoms with Gasteiger partial charge < -0.3 is 19.3 Å². The third kappa shape index (κ3) is 2.64. The average Bonchev–Trinajstić information content (AvgIpc) is 2.27. The number of phenolic OH excluding ortho intramolecular Hbond substituents is 1.